The van der Waals surface area contributed by atoms with Crippen LogP contribution in [0.3, 0.4) is 0 Å². The minimum atomic E-state index is 0.788. The van der Waals surface area contributed by atoms with Crippen LogP contribution in [-0.4, -0.2) is 36.3 Å². The summed E-state index contributed by atoms with van der Waals surface area (Å²) in [5.74, 6) is 1.91. The predicted molar refractivity (Wildman–Crippen MR) is 76.5 cm³/mol. The molecule has 4 nitrogen and oxygen atoms in total. The van der Waals surface area contributed by atoms with E-state index in [2.05, 4.69) is 26.3 Å². The van der Waals surface area contributed by atoms with Crippen molar-refractivity contribution in [1.29, 1.82) is 0 Å². The zero-order valence-electron chi connectivity index (χ0n) is 11.1. The number of morpholine rings is 1. The molecule has 0 unspecified atom stereocenters. The summed E-state index contributed by atoms with van der Waals surface area (Å²) >= 11 is 1.71. The van der Waals surface area contributed by atoms with Crippen molar-refractivity contribution in [3.8, 4) is 0 Å². The van der Waals surface area contributed by atoms with E-state index in [0.29, 0.717) is 0 Å². The van der Waals surface area contributed by atoms with Crippen LogP contribution >= 0.6 is 11.3 Å². The van der Waals surface area contributed by atoms with Gasteiger partial charge in [0.05, 0.1) is 23.4 Å². The summed E-state index contributed by atoms with van der Waals surface area (Å²) < 4.78 is 6.55. The molecule has 1 fully saturated rings. The molecule has 2 aromatic heterocycles. The molecule has 2 aromatic rings. The van der Waals surface area contributed by atoms with Crippen LogP contribution in [0.5, 0.6) is 0 Å². The average Bonchev–Trinajstić information content (AvgIpc) is 2.89. The Kier molecular flexibility index (Phi) is 4.49. The van der Waals surface area contributed by atoms with Gasteiger partial charge < -0.3 is 9.64 Å². The van der Waals surface area contributed by atoms with E-state index in [1.807, 2.05) is 20.8 Å². The van der Waals surface area contributed by atoms with Gasteiger partial charge in [0.25, 0.3) is 0 Å². The van der Waals surface area contributed by atoms with Gasteiger partial charge in [-0.15, -0.1) is 11.3 Å². The lowest BCUT2D eigenvalue weighted by Crippen LogP contribution is -2.36. The Balaban J connectivity index is 0.000000574. The zero-order chi connectivity index (χ0) is 13.0. The molecule has 0 aliphatic carbocycles. The van der Waals surface area contributed by atoms with Crippen LogP contribution in [0.2, 0.25) is 0 Å². The molecule has 0 bridgehead atoms. The summed E-state index contributed by atoms with van der Waals surface area (Å²) in [7, 11) is 0. The summed E-state index contributed by atoms with van der Waals surface area (Å²) in [5, 5.41) is 2.07. The van der Waals surface area contributed by atoms with Gasteiger partial charge in [-0.05, 0) is 18.4 Å². The summed E-state index contributed by atoms with van der Waals surface area (Å²) in [6.07, 6.45) is 0. The van der Waals surface area contributed by atoms with Gasteiger partial charge in [-0.25, -0.2) is 9.97 Å². The standard InChI is InChI=1S/C11H13N3OS.C2H6/c1-8-12-9-2-7-16-10(9)11(13-8)14-3-5-15-6-4-14;1-2/h2,7H,3-6H2,1H3;1-2H3. The third-order valence-electron chi connectivity index (χ3n) is 2.71. The highest BCUT2D eigenvalue weighted by molar-refractivity contribution is 7.17. The molecule has 0 saturated carbocycles. The normalized spacial score (nSPS) is 15.4. The molecule has 1 saturated heterocycles. The largest absolute Gasteiger partial charge is 0.378 e. The van der Waals surface area contributed by atoms with E-state index in [0.717, 1.165) is 43.5 Å². The van der Waals surface area contributed by atoms with Crippen molar-refractivity contribution in [1.82, 2.24) is 9.97 Å². The number of aryl methyl sites for hydroxylation is 1. The Hall–Kier alpha value is -1.20. The lowest BCUT2D eigenvalue weighted by atomic mass is 10.3. The minimum Gasteiger partial charge on any atom is -0.378 e. The molecule has 3 heterocycles. The van der Waals surface area contributed by atoms with Crippen LogP contribution in [0.4, 0.5) is 5.82 Å². The second kappa shape index (κ2) is 6.11. The van der Waals surface area contributed by atoms with Gasteiger partial charge in [0, 0.05) is 13.1 Å². The first kappa shape index (κ1) is 13.2. The van der Waals surface area contributed by atoms with E-state index >= 15 is 0 Å². The quantitative estimate of drug-likeness (QED) is 0.794. The second-order valence-corrected chi connectivity index (χ2v) is 4.74. The number of hydrogen-bond acceptors (Lipinski definition) is 5. The lowest BCUT2D eigenvalue weighted by molar-refractivity contribution is 0.122. The fraction of sp³-hybridized carbons (Fsp3) is 0.538. The number of thiophene rings is 1. The summed E-state index contributed by atoms with van der Waals surface area (Å²) in [4.78, 5) is 11.3. The maximum Gasteiger partial charge on any atom is 0.150 e. The van der Waals surface area contributed by atoms with Gasteiger partial charge in [-0.1, -0.05) is 13.8 Å². The number of aromatic nitrogens is 2. The van der Waals surface area contributed by atoms with E-state index in [1.165, 1.54) is 4.70 Å². The molecule has 98 valence electrons. The smallest absolute Gasteiger partial charge is 0.150 e. The van der Waals surface area contributed by atoms with Gasteiger partial charge in [-0.3, -0.25) is 0 Å². The van der Waals surface area contributed by atoms with E-state index in [9.17, 15) is 0 Å². The van der Waals surface area contributed by atoms with Gasteiger partial charge in [0.15, 0.2) is 5.82 Å². The van der Waals surface area contributed by atoms with Crippen molar-refractivity contribution >= 4 is 27.4 Å². The average molecular weight is 265 g/mol. The van der Waals surface area contributed by atoms with Crippen molar-refractivity contribution in [2.24, 2.45) is 0 Å². The van der Waals surface area contributed by atoms with Gasteiger partial charge in [-0.2, -0.15) is 0 Å². The summed E-state index contributed by atoms with van der Waals surface area (Å²) in [6, 6.07) is 2.05. The molecule has 0 spiro atoms. The monoisotopic (exact) mass is 265 g/mol. The fourth-order valence-electron chi connectivity index (χ4n) is 1.95. The molecular weight excluding hydrogens is 246 g/mol. The van der Waals surface area contributed by atoms with Crippen LogP contribution < -0.4 is 4.90 Å². The fourth-order valence-corrected chi connectivity index (χ4v) is 2.80. The molecular formula is C13H19N3OS. The van der Waals surface area contributed by atoms with Crippen molar-refractivity contribution < 1.29 is 4.74 Å². The number of hydrogen-bond donors (Lipinski definition) is 0. The van der Waals surface area contributed by atoms with Gasteiger partial charge >= 0.3 is 0 Å². The highest BCUT2D eigenvalue weighted by Crippen LogP contribution is 2.29. The molecule has 0 atom stereocenters. The van der Waals surface area contributed by atoms with Crippen molar-refractivity contribution in [2.45, 2.75) is 20.8 Å². The van der Waals surface area contributed by atoms with E-state index in [1.54, 1.807) is 11.3 Å². The first-order valence-corrected chi connectivity index (χ1v) is 7.27. The van der Waals surface area contributed by atoms with E-state index in [-0.39, 0.29) is 0 Å². The number of rotatable bonds is 1. The summed E-state index contributed by atoms with van der Waals surface area (Å²) in [5.41, 5.74) is 1.05. The first-order valence-electron chi connectivity index (χ1n) is 6.39. The molecule has 5 heteroatoms. The second-order valence-electron chi connectivity index (χ2n) is 3.83. The van der Waals surface area contributed by atoms with Gasteiger partial charge in [0.2, 0.25) is 0 Å². The third-order valence-corrected chi connectivity index (χ3v) is 3.61. The number of anilines is 1. The highest BCUT2D eigenvalue weighted by atomic mass is 32.1. The van der Waals surface area contributed by atoms with E-state index < -0.39 is 0 Å². The van der Waals surface area contributed by atoms with Crippen LogP contribution in [0.25, 0.3) is 10.2 Å². The van der Waals surface area contributed by atoms with Crippen LogP contribution in [0.15, 0.2) is 11.4 Å². The first-order chi connectivity index (χ1) is 8.84. The molecule has 0 amide bonds. The van der Waals surface area contributed by atoms with Crippen molar-refractivity contribution in [3.63, 3.8) is 0 Å². The topological polar surface area (TPSA) is 38.2 Å². The lowest BCUT2D eigenvalue weighted by Gasteiger charge is -2.28. The molecule has 18 heavy (non-hydrogen) atoms. The Morgan fingerprint density at radius 1 is 1.22 bits per heavy atom. The Morgan fingerprint density at radius 3 is 2.67 bits per heavy atom. The SMILES string of the molecule is CC.Cc1nc(N2CCOCC2)c2sccc2n1. The van der Waals surface area contributed by atoms with Crippen molar-refractivity contribution in [3.05, 3.63) is 17.3 Å². The van der Waals surface area contributed by atoms with Crippen LogP contribution in [-0.2, 0) is 4.74 Å². The maximum absolute atomic E-state index is 5.36. The predicted octanol–water partition coefficient (Wildman–Crippen LogP) is 2.86. The Morgan fingerprint density at radius 2 is 1.94 bits per heavy atom. The highest BCUT2D eigenvalue weighted by Gasteiger charge is 2.16. The molecule has 3 rings (SSSR count). The third kappa shape index (κ3) is 2.62. The zero-order valence-corrected chi connectivity index (χ0v) is 12.0. The molecule has 1 aliphatic rings. The van der Waals surface area contributed by atoms with Crippen LogP contribution in [0.1, 0.15) is 19.7 Å². The minimum absolute atomic E-state index is 0.788. The number of fused-ring (bicyclic) bond motifs is 1. The van der Waals surface area contributed by atoms with E-state index in [4.69, 9.17) is 4.74 Å². The molecule has 0 radical (unpaired) electrons. The molecule has 0 aromatic carbocycles. The molecule has 0 N–H and O–H groups in total. The number of nitrogens with zero attached hydrogens (tertiary/aromatic N) is 3. The Bertz CT molecular complexity index is 506. The van der Waals surface area contributed by atoms with Crippen molar-refractivity contribution in [2.75, 3.05) is 31.2 Å². The number of ether oxygens (including phenoxy) is 1. The maximum atomic E-state index is 5.36. The summed E-state index contributed by atoms with van der Waals surface area (Å²) in [6.45, 7) is 9.36. The Labute approximate surface area is 112 Å². The van der Waals surface area contributed by atoms with Crippen LogP contribution in [0, 0.1) is 6.92 Å². The van der Waals surface area contributed by atoms with Gasteiger partial charge in [0.1, 0.15) is 5.82 Å². The molecule has 1 aliphatic heterocycles.